The maximum atomic E-state index is 13.7. The standard InChI is InChI=1S/C27H33N3O4S/c1-3-33-23-15-19(13-14-22(23)34-17-25(28)31)16-24-26(32)30(21-12-8-7-9-18(21)2)27(35-24)29-20-10-5-4-6-11-20/h4-6,10-11,13-16,18,21,27,29H,3,7-9,12,17H2,1-2H3,(H2,28,31)/b24-16-/t18-,21-,27?/m0/s1. The Morgan fingerprint density at radius 1 is 1.14 bits per heavy atom. The monoisotopic (exact) mass is 495 g/mol. The summed E-state index contributed by atoms with van der Waals surface area (Å²) in [5.74, 6) is 0.906. The van der Waals surface area contributed by atoms with Crippen LogP contribution in [0.4, 0.5) is 5.69 Å². The highest BCUT2D eigenvalue weighted by molar-refractivity contribution is 8.05. The van der Waals surface area contributed by atoms with Crippen LogP contribution in [0.3, 0.4) is 0 Å². The molecule has 8 heteroatoms. The van der Waals surface area contributed by atoms with E-state index in [1.165, 1.54) is 6.42 Å². The molecule has 186 valence electrons. The number of anilines is 1. The fourth-order valence-electron chi connectivity index (χ4n) is 4.67. The highest BCUT2D eigenvalue weighted by Crippen LogP contribution is 2.42. The third-order valence-electron chi connectivity index (χ3n) is 6.36. The lowest BCUT2D eigenvalue weighted by molar-refractivity contribution is -0.129. The number of carbonyl (C=O) groups excluding carboxylic acids is 2. The van der Waals surface area contributed by atoms with Crippen molar-refractivity contribution >= 4 is 35.3 Å². The Bertz CT molecular complexity index is 1080. The summed E-state index contributed by atoms with van der Waals surface area (Å²) in [5.41, 5.74) is 6.85. The first-order valence-corrected chi connectivity index (χ1v) is 13.0. The molecule has 2 aliphatic rings. The number of nitrogens with zero attached hydrogens (tertiary/aromatic N) is 1. The fraction of sp³-hybridized carbons (Fsp3) is 0.407. The van der Waals surface area contributed by atoms with E-state index in [-0.39, 0.29) is 24.1 Å². The van der Waals surface area contributed by atoms with Gasteiger partial charge in [-0.15, -0.1) is 0 Å². The predicted octanol–water partition coefficient (Wildman–Crippen LogP) is 4.84. The number of ether oxygens (including phenoxy) is 2. The number of thioether (sulfide) groups is 1. The highest BCUT2D eigenvalue weighted by Gasteiger charge is 2.42. The van der Waals surface area contributed by atoms with Crippen LogP contribution in [0.2, 0.25) is 0 Å². The maximum Gasteiger partial charge on any atom is 0.262 e. The van der Waals surface area contributed by atoms with E-state index >= 15 is 0 Å². The largest absolute Gasteiger partial charge is 0.490 e. The maximum absolute atomic E-state index is 13.7. The van der Waals surface area contributed by atoms with Crippen molar-refractivity contribution in [3.05, 3.63) is 59.0 Å². The SMILES string of the molecule is CCOc1cc(/C=C2\SC(Nc3ccccc3)N([C@H]3CCCC[C@@H]3C)C2=O)ccc1OCC(N)=O. The molecule has 1 saturated heterocycles. The lowest BCUT2D eigenvalue weighted by Crippen LogP contribution is -2.48. The Morgan fingerprint density at radius 2 is 1.91 bits per heavy atom. The number of primary amides is 1. The Balaban J connectivity index is 1.62. The second kappa shape index (κ2) is 11.5. The smallest absolute Gasteiger partial charge is 0.262 e. The van der Waals surface area contributed by atoms with Gasteiger partial charge in [0.15, 0.2) is 23.6 Å². The summed E-state index contributed by atoms with van der Waals surface area (Å²) in [7, 11) is 0. The lowest BCUT2D eigenvalue weighted by atomic mass is 9.85. The second-order valence-corrected chi connectivity index (χ2v) is 10.0. The van der Waals surface area contributed by atoms with Crippen LogP contribution in [0.5, 0.6) is 11.5 Å². The fourth-order valence-corrected chi connectivity index (χ4v) is 5.88. The molecule has 0 aromatic heterocycles. The minimum atomic E-state index is -0.555. The Morgan fingerprint density at radius 3 is 2.63 bits per heavy atom. The first-order chi connectivity index (χ1) is 17.0. The summed E-state index contributed by atoms with van der Waals surface area (Å²) < 4.78 is 11.2. The zero-order valence-corrected chi connectivity index (χ0v) is 21.1. The van der Waals surface area contributed by atoms with E-state index in [9.17, 15) is 9.59 Å². The average molecular weight is 496 g/mol. The topological polar surface area (TPSA) is 93.9 Å². The van der Waals surface area contributed by atoms with Gasteiger partial charge in [-0.3, -0.25) is 9.59 Å². The number of amides is 2. The number of rotatable bonds is 9. The van der Waals surface area contributed by atoms with Crippen LogP contribution in [0.1, 0.15) is 45.1 Å². The van der Waals surface area contributed by atoms with Crippen molar-refractivity contribution in [2.75, 3.05) is 18.5 Å². The number of benzene rings is 2. The summed E-state index contributed by atoms with van der Waals surface area (Å²) in [4.78, 5) is 27.5. The van der Waals surface area contributed by atoms with Gasteiger partial charge in [-0.1, -0.05) is 55.8 Å². The molecule has 0 radical (unpaired) electrons. The second-order valence-electron chi connectivity index (χ2n) is 8.92. The Labute approximate surface area is 211 Å². The molecule has 1 saturated carbocycles. The molecule has 1 aliphatic heterocycles. The minimum absolute atomic E-state index is 0.0502. The molecule has 2 fully saturated rings. The van der Waals surface area contributed by atoms with Crippen LogP contribution < -0.4 is 20.5 Å². The van der Waals surface area contributed by atoms with Gasteiger partial charge < -0.3 is 25.4 Å². The Kier molecular flexibility index (Phi) is 8.23. The van der Waals surface area contributed by atoms with Gasteiger partial charge in [-0.25, -0.2) is 0 Å². The Hall–Kier alpha value is -3.13. The molecular weight excluding hydrogens is 462 g/mol. The third kappa shape index (κ3) is 6.11. The molecule has 1 heterocycles. The zero-order valence-electron chi connectivity index (χ0n) is 20.2. The number of hydrogen-bond acceptors (Lipinski definition) is 6. The average Bonchev–Trinajstić information content (AvgIpc) is 3.14. The van der Waals surface area contributed by atoms with Crippen LogP contribution in [0, 0.1) is 5.92 Å². The molecule has 2 aromatic rings. The summed E-state index contributed by atoms with van der Waals surface area (Å²) in [5, 5.41) is 3.56. The van der Waals surface area contributed by atoms with E-state index in [2.05, 4.69) is 12.2 Å². The van der Waals surface area contributed by atoms with Crippen LogP contribution in [0.15, 0.2) is 53.4 Å². The van der Waals surface area contributed by atoms with Crippen LogP contribution in [0.25, 0.3) is 6.08 Å². The van der Waals surface area contributed by atoms with Crippen LogP contribution in [-0.4, -0.2) is 41.5 Å². The molecular formula is C27H33N3O4S. The molecule has 2 amide bonds. The van der Waals surface area contributed by atoms with E-state index in [1.807, 2.05) is 60.4 Å². The summed E-state index contributed by atoms with van der Waals surface area (Å²) >= 11 is 1.54. The zero-order chi connectivity index (χ0) is 24.8. The van der Waals surface area contributed by atoms with Crippen LogP contribution >= 0.6 is 11.8 Å². The molecule has 3 N–H and O–H groups in total. The molecule has 0 spiro atoms. The lowest BCUT2D eigenvalue weighted by Gasteiger charge is -2.39. The normalized spacial score (nSPS) is 23.4. The van der Waals surface area contributed by atoms with Crippen molar-refractivity contribution in [3.8, 4) is 11.5 Å². The van der Waals surface area contributed by atoms with Crippen molar-refractivity contribution in [2.24, 2.45) is 11.7 Å². The number of hydrogen-bond donors (Lipinski definition) is 2. The molecule has 35 heavy (non-hydrogen) atoms. The van der Waals surface area contributed by atoms with Crippen molar-refractivity contribution in [3.63, 3.8) is 0 Å². The van der Waals surface area contributed by atoms with Gasteiger partial charge in [0.05, 0.1) is 11.5 Å². The van der Waals surface area contributed by atoms with E-state index < -0.39 is 5.91 Å². The highest BCUT2D eigenvalue weighted by atomic mass is 32.2. The molecule has 1 unspecified atom stereocenters. The van der Waals surface area contributed by atoms with Gasteiger partial charge in [0, 0.05) is 11.7 Å². The quantitative estimate of drug-likeness (QED) is 0.484. The molecule has 2 aromatic carbocycles. The van der Waals surface area contributed by atoms with E-state index in [0.717, 1.165) is 30.5 Å². The molecule has 1 aliphatic carbocycles. The first-order valence-electron chi connectivity index (χ1n) is 12.2. The van der Waals surface area contributed by atoms with Crippen molar-refractivity contribution in [1.82, 2.24) is 4.90 Å². The molecule has 0 bridgehead atoms. The first kappa shape index (κ1) is 25.0. The summed E-state index contributed by atoms with van der Waals surface area (Å²) in [6, 6.07) is 15.6. The third-order valence-corrected chi connectivity index (χ3v) is 7.47. The summed E-state index contributed by atoms with van der Waals surface area (Å²) in [6.07, 6.45) is 6.43. The summed E-state index contributed by atoms with van der Waals surface area (Å²) in [6.45, 7) is 4.35. The van der Waals surface area contributed by atoms with Crippen LogP contribution in [-0.2, 0) is 9.59 Å². The van der Waals surface area contributed by atoms with E-state index in [1.54, 1.807) is 17.8 Å². The molecule has 3 atom stereocenters. The van der Waals surface area contributed by atoms with Gasteiger partial charge in [-0.05, 0) is 61.6 Å². The molecule has 4 rings (SSSR count). The van der Waals surface area contributed by atoms with Gasteiger partial charge in [0.2, 0.25) is 0 Å². The predicted molar refractivity (Wildman–Crippen MR) is 140 cm³/mol. The van der Waals surface area contributed by atoms with Crippen molar-refractivity contribution < 1.29 is 19.1 Å². The minimum Gasteiger partial charge on any atom is -0.490 e. The van der Waals surface area contributed by atoms with E-state index in [4.69, 9.17) is 15.2 Å². The number of nitrogens with one attached hydrogen (secondary N) is 1. The number of para-hydroxylation sites is 1. The van der Waals surface area contributed by atoms with Crippen molar-refractivity contribution in [1.29, 1.82) is 0 Å². The van der Waals surface area contributed by atoms with Crippen molar-refractivity contribution in [2.45, 2.75) is 51.1 Å². The van der Waals surface area contributed by atoms with Gasteiger partial charge >= 0.3 is 0 Å². The van der Waals surface area contributed by atoms with Gasteiger partial charge in [-0.2, -0.15) is 0 Å². The van der Waals surface area contributed by atoms with E-state index in [0.29, 0.717) is 28.9 Å². The number of carbonyl (C=O) groups is 2. The number of nitrogens with two attached hydrogens (primary N) is 1. The molecule has 7 nitrogen and oxygen atoms in total. The van der Waals surface area contributed by atoms with Gasteiger partial charge in [0.1, 0.15) is 0 Å². The van der Waals surface area contributed by atoms with Gasteiger partial charge in [0.25, 0.3) is 11.8 Å².